The first kappa shape index (κ1) is 17.0. The van der Waals surface area contributed by atoms with E-state index >= 15 is 0 Å². The third-order valence-electron chi connectivity index (χ3n) is 5.48. The lowest BCUT2D eigenvalue weighted by molar-refractivity contribution is -0.124. The summed E-state index contributed by atoms with van der Waals surface area (Å²) in [6, 6.07) is 8.02. The predicted molar refractivity (Wildman–Crippen MR) is 104 cm³/mol. The van der Waals surface area contributed by atoms with Crippen LogP contribution in [0.1, 0.15) is 49.0 Å². The molecule has 2 N–H and O–H groups in total. The molecule has 0 saturated heterocycles. The molecule has 2 unspecified atom stereocenters. The average Bonchev–Trinajstić information content (AvgIpc) is 2.89. The van der Waals surface area contributed by atoms with E-state index in [9.17, 15) is 4.79 Å². The Labute approximate surface area is 154 Å². The Balaban J connectivity index is 1.90. The highest BCUT2D eigenvalue weighted by molar-refractivity contribution is 5.90. The molecule has 136 valence electrons. The summed E-state index contributed by atoms with van der Waals surface area (Å²) in [5.41, 5.74) is 5.29. The van der Waals surface area contributed by atoms with E-state index in [1.165, 1.54) is 11.1 Å². The first-order chi connectivity index (χ1) is 12.2. The smallest absolute Gasteiger partial charge is 0.145 e. The summed E-state index contributed by atoms with van der Waals surface area (Å²) in [5.74, 6) is 1.63. The summed E-state index contributed by atoms with van der Waals surface area (Å²) in [5, 5.41) is 7.15. The van der Waals surface area contributed by atoms with Crippen LogP contribution in [0.15, 0.2) is 40.5 Å². The Morgan fingerprint density at radius 2 is 1.77 bits per heavy atom. The van der Waals surface area contributed by atoms with Gasteiger partial charge >= 0.3 is 0 Å². The van der Waals surface area contributed by atoms with Crippen molar-refractivity contribution in [3.63, 3.8) is 0 Å². The summed E-state index contributed by atoms with van der Waals surface area (Å²) in [6.07, 6.45) is 2.75. The van der Waals surface area contributed by atoms with E-state index in [1.807, 2.05) is 19.1 Å². The Bertz CT molecular complexity index is 920. The van der Waals surface area contributed by atoms with E-state index in [0.29, 0.717) is 6.42 Å². The van der Waals surface area contributed by atoms with Crippen molar-refractivity contribution in [2.24, 2.45) is 11.3 Å². The van der Waals surface area contributed by atoms with E-state index in [4.69, 9.17) is 4.42 Å². The van der Waals surface area contributed by atoms with Gasteiger partial charge in [0.25, 0.3) is 0 Å². The largest absolute Gasteiger partial charge is 0.464 e. The van der Waals surface area contributed by atoms with Crippen LogP contribution in [0.5, 0.6) is 0 Å². The second-order valence-corrected chi connectivity index (χ2v) is 8.39. The molecule has 1 aliphatic carbocycles. The number of hydrogen-bond donors (Lipinski definition) is 2. The molecule has 1 aromatic heterocycles. The lowest BCUT2D eigenvalue weighted by atomic mass is 9.73. The van der Waals surface area contributed by atoms with Crippen LogP contribution in [-0.2, 0) is 4.79 Å². The summed E-state index contributed by atoms with van der Waals surface area (Å²) >= 11 is 0. The van der Waals surface area contributed by atoms with Crippen LogP contribution in [-0.4, -0.2) is 5.78 Å². The van der Waals surface area contributed by atoms with E-state index in [1.54, 1.807) is 0 Å². The maximum absolute atomic E-state index is 13.1. The van der Waals surface area contributed by atoms with Gasteiger partial charge in [0, 0.05) is 12.1 Å². The number of Topliss-reactive ketones (excluding diaryl/α,β-unsaturated/α-hetero) is 1. The molecule has 0 spiro atoms. The zero-order valence-electron chi connectivity index (χ0n) is 16.1. The fraction of sp³-hybridized carbons (Fsp3) is 0.409. The van der Waals surface area contributed by atoms with Gasteiger partial charge in [0.2, 0.25) is 0 Å². The van der Waals surface area contributed by atoms with Crippen molar-refractivity contribution in [3.8, 4) is 0 Å². The van der Waals surface area contributed by atoms with Crippen LogP contribution in [0.25, 0.3) is 0 Å². The van der Waals surface area contributed by atoms with E-state index in [-0.39, 0.29) is 23.2 Å². The van der Waals surface area contributed by atoms with Gasteiger partial charge in [-0.05, 0) is 61.6 Å². The Hall–Kier alpha value is -2.49. The highest BCUT2D eigenvalue weighted by Gasteiger charge is 2.42. The summed E-state index contributed by atoms with van der Waals surface area (Å²) in [4.78, 5) is 13.1. The summed E-state index contributed by atoms with van der Waals surface area (Å²) in [6.45, 7) is 10.4. The second kappa shape index (κ2) is 5.76. The molecule has 2 heterocycles. The number of allylic oxidation sites excluding steroid dienone is 1. The van der Waals surface area contributed by atoms with Crippen LogP contribution in [0.4, 0.5) is 11.4 Å². The zero-order valence-corrected chi connectivity index (χ0v) is 16.1. The number of aryl methyl sites for hydroxylation is 3. The first-order valence-electron chi connectivity index (χ1n) is 9.20. The minimum atomic E-state index is -0.276. The van der Waals surface area contributed by atoms with Crippen LogP contribution < -0.4 is 10.6 Å². The van der Waals surface area contributed by atoms with Gasteiger partial charge in [0.15, 0.2) is 0 Å². The SMILES string of the molecule is Cc1ccc(C2Nc3cc(C)c(C)cc3NC3=CC(C)(C)CC(=O)C32)o1. The van der Waals surface area contributed by atoms with Crippen LogP contribution in [0, 0.1) is 32.1 Å². The molecule has 4 rings (SSSR count). The van der Waals surface area contributed by atoms with Crippen molar-refractivity contribution in [2.75, 3.05) is 10.6 Å². The molecule has 2 aliphatic rings. The zero-order chi connectivity index (χ0) is 18.6. The van der Waals surface area contributed by atoms with Crippen molar-refractivity contribution in [1.29, 1.82) is 0 Å². The third kappa shape index (κ3) is 2.83. The number of carbonyl (C=O) groups is 1. The molecule has 0 radical (unpaired) electrons. The molecule has 2 aromatic rings. The van der Waals surface area contributed by atoms with Crippen LogP contribution in [0.3, 0.4) is 0 Å². The normalized spacial score (nSPS) is 23.9. The second-order valence-electron chi connectivity index (χ2n) is 8.39. The van der Waals surface area contributed by atoms with E-state index in [0.717, 1.165) is 28.6 Å². The molecule has 4 nitrogen and oxygen atoms in total. The number of anilines is 2. The Morgan fingerprint density at radius 1 is 1.08 bits per heavy atom. The highest BCUT2D eigenvalue weighted by Crippen LogP contribution is 2.46. The van der Waals surface area contributed by atoms with Crippen LogP contribution >= 0.6 is 0 Å². The Morgan fingerprint density at radius 3 is 2.42 bits per heavy atom. The topological polar surface area (TPSA) is 54.3 Å². The predicted octanol–water partition coefficient (Wildman–Crippen LogP) is 5.28. The van der Waals surface area contributed by atoms with Gasteiger partial charge in [-0.1, -0.05) is 19.9 Å². The quantitative estimate of drug-likeness (QED) is 0.734. The number of hydrogen-bond acceptors (Lipinski definition) is 4. The van der Waals surface area contributed by atoms with Crippen molar-refractivity contribution in [2.45, 2.75) is 47.1 Å². The fourth-order valence-electron chi connectivity index (χ4n) is 4.07. The van der Waals surface area contributed by atoms with Crippen LogP contribution in [0.2, 0.25) is 0 Å². The van der Waals surface area contributed by atoms with Gasteiger partial charge < -0.3 is 15.1 Å². The standard InChI is InChI=1S/C22H26N2O2/c1-12-8-15-16(9-13(12)2)24-21(19-7-6-14(3)26-19)20-17(23-15)10-22(4,5)11-18(20)25/h6-10,20-21,23-24H,11H2,1-5H3. The molecular formula is C22H26N2O2. The number of furan rings is 1. The monoisotopic (exact) mass is 350 g/mol. The summed E-state index contributed by atoms with van der Waals surface area (Å²) < 4.78 is 5.93. The molecule has 1 aliphatic heterocycles. The molecule has 4 heteroatoms. The lowest BCUT2D eigenvalue weighted by Gasteiger charge is -2.34. The number of rotatable bonds is 1. The fourth-order valence-corrected chi connectivity index (χ4v) is 4.07. The van der Waals surface area contributed by atoms with Gasteiger partial charge in [-0.2, -0.15) is 0 Å². The molecule has 0 saturated carbocycles. The van der Waals surface area contributed by atoms with Gasteiger partial charge in [-0.15, -0.1) is 0 Å². The van der Waals surface area contributed by atoms with Gasteiger partial charge in [0.1, 0.15) is 17.3 Å². The maximum Gasteiger partial charge on any atom is 0.145 e. The Kier molecular flexibility index (Phi) is 3.76. The molecular weight excluding hydrogens is 324 g/mol. The summed E-state index contributed by atoms with van der Waals surface area (Å²) in [7, 11) is 0. The number of benzene rings is 1. The average molecular weight is 350 g/mol. The van der Waals surface area contributed by atoms with Crippen molar-refractivity contribution >= 4 is 17.2 Å². The van der Waals surface area contributed by atoms with Gasteiger partial charge in [0.05, 0.1) is 23.3 Å². The minimum absolute atomic E-state index is 0.149. The maximum atomic E-state index is 13.1. The molecule has 0 fully saturated rings. The first-order valence-corrected chi connectivity index (χ1v) is 9.20. The molecule has 0 amide bonds. The number of nitrogens with one attached hydrogen (secondary N) is 2. The van der Waals surface area contributed by atoms with Gasteiger partial charge in [-0.25, -0.2) is 0 Å². The lowest BCUT2D eigenvalue weighted by Crippen LogP contribution is -2.36. The third-order valence-corrected chi connectivity index (χ3v) is 5.48. The van der Waals surface area contributed by atoms with Gasteiger partial charge in [-0.3, -0.25) is 4.79 Å². The van der Waals surface area contributed by atoms with E-state index in [2.05, 4.69) is 56.5 Å². The number of carbonyl (C=O) groups excluding carboxylic acids is 1. The minimum Gasteiger partial charge on any atom is -0.464 e. The highest BCUT2D eigenvalue weighted by atomic mass is 16.3. The van der Waals surface area contributed by atoms with Crippen molar-refractivity contribution in [3.05, 3.63) is 58.7 Å². The van der Waals surface area contributed by atoms with Crippen molar-refractivity contribution < 1.29 is 9.21 Å². The molecule has 0 bridgehead atoms. The number of ketones is 1. The number of fused-ring (bicyclic) bond motifs is 2. The van der Waals surface area contributed by atoms with Crippen molar-refractivity contribution in [1.82, 2.24) is 0 Å². The molecule has 1 aromatic carbocycles. The van der Waals surface area contributed by atoms with E-state index < -0.39 is 0 Å². The molecule has 26 heavy (non-hydrogen) atoms. The molecule has 2 atom stereocenters.